The zero-order valence-corrected chi connectivity index (χ0v) is 18.5. The van der Waals surface area contributed by atoms with Gasteiger partial charge in [-0.25, -0.2) is 9.97 Å². The van der Waals surface area contributed by atoms with Crippen LogP contribution in [0.3, 0.4) is 0 Å². The van der Waals surface area contributed by atoms with Crippen molar-refractivity contribution in [1.29, 1.82) is 0 Å². The summed E-state index contributed by atoms with van der Waals surface area (Å²) in [6.07, 6.45) is 3.56. The number of aromatic nitrogens is 5. The number of nitrogens with zero attached hydrogens (tertiary/aromatic N) is 7. The lowest BCUT2D eigenvalue weighted by Gasteiger charge is -2.32. The number of nitrogen functional groups attached to an aromatic ring is 1. The van der Waals surface area contributed by atoms with Crippen molar-refractivity contribution in [3.8, 4) is 5.82 Å². The molecule has 3 aromatic rings. The molecule has 2 fully saturated rings. The zero-order valence-electron chi connectivity index (χ0n) is 18.5. The number of nitrogens with two attached hydrogens (primary N) is 1. The lowest BCUT2D eigenvalue weighted by atomic mass is 9.99. The SMILES string of the molecule is Nc1nc(Nc2ccc(N3CCOCC3)cc2)nn1-c1cc(N2CCCC(CO)C2)ncn1. The Morgan fingerprint density at radius 1 is 1.06 bits per heavy atom. The highest BCUT2D eigenvalue weighted by Crippen LogP contribution is 2.24. The number of morpholine rings is 1. The summed E-state index contributed by atoms with van der Waals surface area (Å²) in [5.74, 6) is 2.23. The quantitative estimate of drug-likeness (QED) is 0.506. The van der Waals surface area contributed by atoms with Crippen LogP contribution in [0.5, 0.6) is 0 Å². The third kappa shape index (κ3) is 4.83. The number of piperidine rings is 1. The molecule has 0 bridgehead atoms. The van der Waals surface area contributed by atoms with Crippen LogP contribution >= 0.6 is 0 Å². The van der Waals surface area contributed by atoms with Crippen LogP contribution in [-0.2, 0) is 4.74 Å². The van der Waals surface area contributed by atoms with E-state index in [1.54, 1.807) is 0 Å². The van der Waals surface area contributed by atoms with Crippen molar-refractivity contribution < 1.29 is 9.84 Å². The summed E-state index contributed by atoms with van der Waals surface area (Å²) in [5, 5.41) is 17.2. The highest BCUT2D eigenvalue weighted by Gasteiger charge is 2.21. The summed E-state index contributed by atoms with van der Waals surface area (Å²) in [6.45, 7) is 5.16. The second kappa shape index (κ2) is 9.59. The first-order chi connectivity index (χ1) is 16.2. The largest absolute Gasteiger partial charge is 0.396 e. The van der Waals surface area contributed by atoms with E-state index < -0.39 is 0 Å². The Balaban J connectivity index is 1.30. The molecule has 4 heterocycles. The van der Waals surface area contributed by atoms with E-state index in [1.807, 2.05) is 18.2 Å². The monoisotopic (exact) mass is 451 g/mol. The lowest BCUT2D eigenvalue weighted by Crippen LogP contribution is -2.37. The standard InChI is InChI=1S/C22H29N9O2/c23-21-27-22(26-17-3-5-18(6-4-17)29-8-10-33-11-9-29)28-31(21)20-12-19(24-15-25-20)30-7-1-2-16(13-30)14-32/h3-6,12,15-16,32H,1-2,7-11,13-14H2,(H3,23,26,27,28). The van der Waals surface area contributed by atoms with Gasteiger partial charge < -0.3 is 30.7 Å². The molecule has 11 nitrogen and oxygen atoms in total. The van der Waals surface area contributed by atoms with Gasteiger partial charge >= 0.3 is 0 Å². The topological polar surface area (TPSA) is 130 Å². The minimum atomic E-state index is 0.187. The maximum Gasteiger partial charge on any atom is 0.248 e. The van der Waals surface area contributed by atoms with Gasteiger partial charge in [-0.05, 0) is 43.0 Å². The second-order valence-electron chi connectivity index (χ2n) is 8.35. The van der Waals surface area contributed by atoms with Crippen molar-refractivity contribution in [3.63, 3.8) is 0 Å². The number of aliphatic hydroxyl groups is 1. The van der Waals surface area contributed by atoms with Crippen molar-refractivity contribution in [2.75, 3.05) is 66.8 Å². The van der Waals surface area contributed by atoms with Crippen LogP contribution in [0.15, 0.2) is 36.7 Å². The second-order valence-corrected chi connectivity index (χ2v) is 8.35. The maximum absolute atomic E-state index is 9.52. The molecular formula is C22H29N9O2. The third-order valence-corrected chi connectivity index (χ3v) is 6.09. The number of anilines is 5. The van der Waals surface area contributed by atoms with Gasteiger partial charge in [-0.15, -0.1) is 5.10 Å². The number of hydrogen-bond donors (Lipinski definition) is 3. The van der Waals surface area contributed by atoms with E-state index in [2.05, 4.69) is 47.3 Å². The Kier molecular flexibility index (Phi) is 6.22. The first-order valence-corrected chi connectivity index (χ1v) is 11.3. The summed E-state index contributed by atoms with van der Waals surface area (Å²) in [7, 11) is 0. The molecule has 33 heavy (non-hydrogen) atoms. The molecule has 0 saturated carbocycles. The fourth-order valence-electron chi connectivity index (χ4n) is 4.30. The van der Waals surface area contributed by atoms with Crippen molar-refractivity contribution in [1.82, 2.24) is 24.7 Å². The Hall–Kier alpha value is -3.44. The maximum atomic E-state index is 9.52. The third-order valence-electron chi connectivity index (χ3n) is 6.09. The predicted octanol–water partition coefficient (Wildman–Crippen LogP) is 1.43. The number of aliphatic hydroxyl groups excluding tert-OH is 1. The lowest BCUT2D eigenvalue weighted by molar-refractivity contribution is 0.122. The number of nitrogens with one attached hydrogen (secondary N) is 1. The highest BCUT2D eigenvalue weighted by molar-refractivity contribution is 5.60. The summed E-state index contributed by atoms with van der Waals surface area (Å²) < 4.78 is 6.92. The van der Waals surface area contributed by atoms with Crippen molar-refractivity contribution in [2.24, 2.45) is 5.92 Å². The van der Waals surface area contributed by atoms with Crippen LogP contribution in [0.4, 0.5) is 29.1 Å². The van der Waals surface area contributed by atoms with E-state index >= 15 is 0 Å². The molecule has 0 radical (unpaired) electrons. The Bertz CT molecular complexity index is 1070. The average molecular weight is 452 g/mol. The highest BCUT2D eigenvalue weighted by atomic mass is 16.5. The van der Waals surface area contributed by atoms with E-state index in [0.717, 1.165) is 69.4 Å². The minimum Gasteiger partial charge on any atom is -0.396 e. The van der Waals surface area contributed by atoms with E-state index in [9.17, 15) is 5.11 Å². The first-order valence-electron chi connectivity index (χ1n) is 11.3. The molecule has 4 N–H and O–H groups in total. The molecule has 2 saturated heterocycles. The summed E-state index contributed by atoms with van der Waals surface area (Å²) in [5.41, 5.74) is 8.18. The summed E-state index contributed by atoms with van der Waals surface area (Å²) in [6, 6.07) is 9.99. The van der Waals surface area contributed by atoms with Crippen LogP contribution in [0.2, 0.25) is 0 Å². The molecule has 1 unspecified atom stereocenters. The molecule has 0 amide bonds. The van der Waals surface area contributed by atoms with Crippen LogP contribution in [0, 0.1) is 5.92 Å². The van der Waals surface area contributed by atoms with Crippen LogP contribution in [-0.4, -0.2) is 75.8 Å². The van der Waals surface area contributed by atoms with Crippen LogP contribution < -0.4 is 20.9 Å². The summed E-state index contributed by atoms with van der Waals surface area (Å²) >= 11 is 0. The predicted molar refractivity (Wildman–Crippen MR) is 126 cm³/mol. The molecule has 2 aliphatic heterocycles. The molecule has 0 aliphatic carbocycles. The molecule has 2 aliphatic rings. The number of benzene rings is 1. The number of hydrogen-bond acceptors (Lipinski definition) is 10. The molecule has 1 aromatic carbocycles. The van der Waals surface area contributed by atoms with Gasteiger partial charge in [0.15, 0.2) is 5.82 Å². The van der Waals surface area contributed by atoms with E-state index in [4.69, 9.17) is 10.5 Å². The fraction of sp³-hybridized carbons (Fsp3) is 0.455. The molecular weight excluding hydrogens is 422 g/mol. The van der Waals surface area contributed by atoms with Crippen molar-refractivity contribution >= 4 is 29.1 Å². The van der Waals surface area contributed by atoms with Gasteiger partial charge in [0.2, 0.25) is 11.9 Å². The van der Waals surface area contributed by atoms with E-state index in [1.165, 1.54) is 11.0 Å². The van der Waals surface area contributed by atoms with Crippen molar-refractivity contribution in [2.45, 2.75) is 12.8 Å². The molecule has 5 rings (SSSR count). The molecule has 2 aromatic heterocycles. The zero-order chi connectivity index (χ0) is 22.6. The Labute approximate surface area is 192 Å². The van der Waals surface area contributed by atoms with Crippen LogP contribution in [0.25, 0.3) is 5.82 Å². The van der Waals surface area contributed by atoms with Gasteiger partial charge in [-0.1, -0.05) is 0 Å². The average Bonchev–Trinajstić information content (AvgIpc) is 3.25. The number of rotatable bonds is 6. The van der Waals surface area contributed by atoms with Crippen LogP contribution in [0.1, 0.15) is 12.8 Å². The normalized spacial score (nSPS) is 19.0. The van der Waals surface area contributed by atoms with E-state index in [0.29, 0.717) is 11.8 Å². The van der Waals surface area contributed by atoms with Gasteiger partial charge in [0.25, 0.3) is 0 Å². The summed E-state index contributed by atoms with van der Waals surface area (Å²) in [4.78, 5) is 17.6. The molecule has 11 heteroatoms. The van der Waals surface area contributed by atoms with E-state index in [-0.39, 0.29) is 18.5 Å². The van der Waals surface area contributed by atoms with Gasteiger partial charge in [0.1, 0.15) is 12.1 Å². The number of ether oxygens (including phenoxy) is 1. The first kappa shape index (κ1) is 21.4. The Morgan fingerprint density at radius 2 is 1.85 bits per heavy atom. The molecule has 1 atom stereocenters. The van der Waals surface area contributed by atoms with Gasteiger partial charge in [-0.3, -0.25) is 0 Å². The molecule has 174 valence electrons. The van der Waals surface area contributed by atoms with Gasteiger partial charge in [0.05, 0.1) is 13.2 Å². The fourth-order valence-corrected chi connectivity index (χ4v) is 4.30. The molecule has 0 spiro atoms. The van der Waals surface area contributed by atoms with Crippen molar-refractivity contribution in [3.05, 3.63) is 36.7 Å². The smallest absolute Gasteiger partial charge is 0.248 e. The van der Waals surface area contributed by atoms with Gasteiger partial charge in [0, 0.05) is 50.2 Å². The minimum absolute atomic E-state index is 0.187. The van der Waals surface area contributed by atoms with Gasteiger partial charge in [-0.2, -0.15) is 9.67 Å². The Morgan fingerprint density at radius 3 is 2.64 bits per heavy atom.